The Balaban J connectivity index is 2.89. The number of nitrogens with two attached hydrogens (primary N) is 2. The average Bonchev–Trinajstić information content (AvgIpc) is 3.02. The fourth-order valence-electron chi connectivity index (χ4n) is 3.26. The molecule has 0 aromatic carbocycles. The van der Waals surface area contributed by atoms with Crippen LogP contribution in [0.2, 0.25) is 0 Å². The minimum absolute atomic E-state index is 0.0884. The highest BCUT2D eigenvalue weighted by Gasteiger charge is 2.42. The highest BCUT2D eigenvalue weighted by atomic mass is 16.4. The lowest BCUT2D eigenvalue weighted by Crippen LogP contribution is -2.49. The van der Waals surface area contributed by atoms with Crippen molar-refractivity contribution in [3.8, 4) is 0 Å². The number of ketones is 1. The van der Waals surface area contributed by atoms with Crippen LogP contribution in [-0.4, -0.2) is 75.9 Å². The van der Waals surface area contributed by atoms with Gasteiger partial charge in [-0.15, -0.1) is 0 Å². The molecule has 164 valence electrons. The number of rotatable bonds is 13. The number of carbonyl (C=O) groups is 5. The number of carboxylic acids is 2. The van der Waals surface area contributed by atoms with Crippen molar-refractivity contribution in [3.05, 3.63) is 0 Å². The summed E-state index contributed by atoms with van der Waals surface area (Å²) in [5.74, 6) is -4.68. The zero-order valence-electron chi connectivity index (χ0n) is 16.5. The summed E-state index contributed by atoms with van der Waals surface area (Å²) in [6.45, 7) is 1.74. The second kappa shape index (κ2) is 11.5. The van der Waals surface area contributed by atoms with Crippen molar-refractivity contribution < 1.29 is 34.2 Å². The zero-order chi connectivity index (χ0) is 22.1. The highest BCUT2D eigenvalue weighted by molar-refractivity contribution is 5.97. The summed E-state index contributed by atoms with van der Waals surface area (Å²) in [5.41, 5.74) is 10.9. The Labute approximate surface area is 168 Å². The van der Waals surface area contributed by atoms with E-state index in [0.29, 0.717) is 19.4 Å². The summed E-state index contributed by atoms with van der Waals surface area (Å²) in [6.07, 6.45) is 0.698. The lowest BCUT2D eigenvalue weighted by molar-refractivity contribution is -0.148. The normalized spacial score (nSPS) is 19.5. The molecule has 1 heterocycles. The quantitative estimate of drug-likeness (QED) is 0.227. The van der Waals surface area contributed by atoms with Gasteiger partial charge in [0.05, 0.1) is 12.1 Å². The van der Waals surface area contributed by atoms with Crippen molar-refractivity contribution in [2.24, 2.45) is 17.4 Å². The molecular formula is C18H30N4O7. The SMILES string of the molecule is C[C@H](N)C(=O)N[C@@H](CCC(=O)O)C(=O)[C@H]1CC(=O)N([C@@H](CCCCN)C(=O)O)C1. The fraction of sp³-hybridized carbons (Fsp3) is 0.722. The fourth-order valence-corrected chi connectivity index (χ4v) is 3.26. The molecule has 0 aliphatic carbocycles. The van der Waals surface area contributed by atoms with Gasteiger partial charge in [-0.1, -0.05) is 0 Å². The summed E-state index contributed by atoms with van der Waals surface area (Å²) < 4.78 is 0. The maximum atomic E-state index is 12.9. The molecule has 7 N–H and O–H groups in total. The number of nitrogens with zero attached hydrogens (tertiary/aromatic N) is 1. The zero-order valence-corrected chi connectivity index (χ0v) is 16.5. The molecule has 11 nitrogen and oxygen atoms in total. The van der Waals surface area contributed by atoms with Crippen LogP contribution in [0.5, 0.6) is 0 Å². The number of likely N-dealkylation sites (tertiary alicyclic amines) is 1. The number of hydrogen-bond donors (Lipinski definition) is 5. The van der Waals surface area contributed by atoms with Gasteiger partial charge in [0.25, 0.3) is 0 Å². The second-order valence-corrected chi connectivity index (χ2v) is 7.27. The van der Waals surface area contributed by atoms with Gasteiger partial charge in [-0.05, 0) is 39.2 Å². The van der Waals surface area contributed by atoms with Gasteiger partial charge in [-0.25, -0.2) is 4.79 Å². The lowest BCUT2D eigenvalue weighted by atomic mass is 9.94. The number of amides is 2. The number of unbranched alkanes of at least 4 members (excludes halogenated alkanes) is 1. The van der Waals surface area contributed by atoms with Crippen LogP contribution in [0, 0.1) is 5.92 Å². The largest absolute Gasteiger partial charge is 0.481 e. The molecule has 0 spiro atoms. The van der Waals surface area contributed by atoms with E-state index in [4.69, 9.17) is 16.6 Å². The molecular weight excluding hydrogens is 384 g/mol. The monoisotopic (exact) mass is 414 g/mol. The third kappa shape index (κ3) is 7.42. The van der Waals surface area contributed by atoms with Crippen LogP contribution >= 0.6 is 0 Å². The van der Waals surface area contributed by atoms with E-state index in [0.717, 1.165) is 0 Å². The molecule has 1 aliphatic heterocycles. The molecule has 2 amide bonds. The highest BCUT2D eigenvalue weighted by Crippen LogP contribution is 2.25. The number of hydrogen-bond acceptors (Lipinski definition) is 7. The van der Waals surface area contributed by atoms with Gasteiger partial charge in [0.15, 0.2) is 5.78 Å². The number of aliphatic carboxylic acids is 2. The first-order chi connectivity index (χ1) is 13.6. The topological polar surface area (TPSA) is 193 Å². The van der Waals surface area contributed by atoms with E-state index in [-0.39, 0.29) is 32.2 Å². The molecule has 1 aliphatic rings. The van der Waals surface area contributed by atoms with Crippen LogP contribution in [0.4, 0.5) is 0 Å². The van der Waals surface area contributed by atoms with Gasteiger partial charge in [0.2, 0.25) is 11.8 Å². The molecule has 0 radical (unpaired) electrons. The minimum Gasteiger partial charge on any atom is -0.481 e. The van der Waals surface area contributed by atoms with E-state index in [1.165, 1.54) is 11.8 Å². The third-order valence-electron chi connectivity index (χ3n) is 4.87. The summed E-state index contributed by atoms with van der Waals surface area (Å²) in [5, 5.41) is 20.8. The molecule has 29 heavy (non-hydrogen) atoms. The predicted octanol–water partition coefficient (Wildman–Crippen LogP) is -1.32. The van der Waals surface area contributed by atoms with Gasteiger partial charge in [0.1, 0.15) is 6.04 Å². The summed E-state index contributed by atoms with van der Waals surface area (Å²) in [4.78, 5) is 60.8. The molecule has 0 aromatic rings. The van der Waals surface area contributed by atoms with E-state index in [1.54, 1.807) is 0 Å². The number of carboxylic acid groups (broad SMARTS) is 2. The Morgan fingerprint density at radius 2 is 1.86 bits per heavy atom. The number of carbonyl (C=O) groups excluding carboxylic acids is 3. The number of nitrogens with one attached hydrogen (secondary N) is 1. The predicted molar refractivity (Wildman–Crippen MR) is 102 cm³/mol. The second-order valence-electron chi connectivity index (χ2n) is 7.27. The van der Waals surface area contributed by atoms with Gasteiger partial charge in [0, 0.05) is 25.3 Å². The Morgan fingerprint density at radius 1 is 1.21 bits per heavy atom. The van der Waals surface area contributed by atoms with Crippen molar-refractivity contribution in [2.75, 3.05) is 13.1 Å². The molecule has 0 unspecified atom stereocenters. The minimum atomic E-state index is -1.16. The van der Waals surface area contributed by atoms with Crippen LogP contribution in [-0.2, 0) is 24.0 Å². The van der Waals surface area contributed by atoms with Crippen LogP contribution in [0.25, 0.3) is 0 Å². The first kappa shape index (κ1) is 24.5. The van der Waals surface area contributed by atoms with E-state index in [2.05, 4.69) is 5.32 Å². The maximum Gasteiger partial charge on any atom is 0.326 e. The molecule has 4 atom stereocenters. The van der Waals surface area contributed by atoms with Crippen LogP contribution < -0.4 is 16.8 Å². The van der Waals surface area contributed by atoms with Crippen molar-refractivity contribution in [1.82, 2.24) is 10.2 Å². The maximum absolute atomic E-state index is 12.9. The summed E-state index contributed by atoms with van der Waals surface area (Å²) in [7, 11) is 0. The lowest BCUT2D eigenvalue weighted by Gasteiger charge is -2.25. The smallest absolute Gasteiger partial charge is 0.326 e. The van der Waals surface area contributed by atoms with Gasteiger partial charge < -0.3 is 31.9 Å². The third-order valence-corrected chi connectivity index (χ3v) is 4.87. The van der Waals surface area contributed by atoms with Gasteiger partial charge in [-0.3, -0.25) is 19.2 Å². The summed E-state index contributed by atoms with van der Waals surface area (Å²) >= 11 is 0. The van der Waals surface area contributed by atoms with Crippen molar-refractivity contribution >= 4 is 29.5 Å². The van der Waals surface area contributed by atoms with E-state index in [9.17, 15) is 29.1 Å². The van der Waals surface area contributed by atoms with Crippen molar-refractivity contribution in [3.63, 3.8) is 0 Å². The van der Waals surface area contributed by atoms with E-state index < -0.39 is 53.6 Å². The first-order valence-corrected chi connectivity index (χ1v) is 9.62. The Morgan fingerprint density at radius 3 is 2.38 bits per heavy atom. The van der Waals surface area contributed by atoms with Crippen molar-refractivity contribution in [2.45, 2.75) is 63.6 Å². The van der Waals surface area contributed by atoms with Crippen molar-refractivity contribution in [1.29, 1.82) is 0 Å². The Kier molecular flexibility index (Phi) is 9.69. The molecule has 0 saturated carbocycles. The van der Waals surface area contributed by atoms with E-state index >= 15 is 0 Å². The van der Waals surface area contributed by atoms with Crippen LogP contribution in [0.15, 0.2) is 0 Å². The molecule has 0 aromatic heterocycles. The summed E-state index contributed by atoms with van der Waals surface area (Å²) in [6, 6.07) is -3.05. The van der Waals surface area contributed by atoms with E-state index in [1.807, 2.05) is 0 Å². The van der Waals surface area contributed by atoms with Gasteiger partial charge >= 0.3 is 11.9 Å². The molecule has 0 bridgehead atoms. The number of Topliss-reactive ketones (excluding diaryl/α,β-unsaturated/α-hetero) is 1. The van der Waals surface area contributed by atoms with Crippen LogP contribution in [0.1, 0.15) is 45.4 Å². The molecule has 11 heteroatoms. The standard InChI is InChI=1S/C18H30N4O7/c1-10(20)17(27)21-12(5-6-15(24)25)16(26)11-8-14(23)22(9-11)13(18(28)29)4-2-3-7-19/h10-13H,2-9,19-20H2,1H3,(H,21,27)(H,24,25)(H,28,29)/t10-,11-,12-,13-/m0/s1. The average molecular weight is 414 g/mol. The molecule has 1 rings (SSSR count). The van der Waals surface area contributed by atoms with Gasteiger partial charge in [-0.2, -0.15) is 0 Å². The Bertz CT molecular complexity index is 638. The molecule has 1 saturated heterocycles. The Hall–Kier alpha value is -2.53. The van der Waals surface area contributed by atoms with Crippen LogP contribution in [0.3, 0.4) is 0 Å². The molecule has 1 fully saturated rings. The first-order valence-electron chi connectivity index (χ1n) is 9.62.